The minimum Gasteiger partial charge on any atom is -0.317 e. The van der Waals surface area contributed by atoms with E-state index in [0.29, 0.717) is 16.4 Å². The van der Waals surface area contributed by atoms with Gasteiger partial charge in [0.25, 0.3) is 11.8 Å². The lowest BCUT2D eigenvalue weighted by molar-refractivity contribution is -0.122. The van der Waals surface area contributed by atoms with Crippen LogP contribution in [0.25, 0.3) is 11.8 Å². The Balaban J connectivity index is 1.76. The third kappa shape index (κ3) is 3.53. The molecule has 0 saturated carbocycles. The largest absolute Gasteiger partial charge is 0.335 e. The monoisotopic (exact) mass is 419 g/mol. The first-order valence-corrected chi connectivity index (χ1v) is 9.65. The van der Waals surface area contributed by atoms with Crippen molar-refractivity contribution in [2.45, 2.75) is 13.8 Å². The summed E-state index contributed by atoms with van der Waals surface area (Å²) in [5, 5.41) is 2.70. The fourth-order valence-electron chi connectivity index (χ4n) is 3.44. The maximum absolute atomic E-state index is 13.1. The van der Waals surface area contributed by atoms with Gasteiger partial charge in [-0.1, -0.05) is 29.3 Å². The summed E-state index contributed by atoms with van der Waals surface area (Å²) in [6.07, 6.45) is 3.35. The number of carbonyl (C=O) groups excluding carboxylic acids is 3. The molecule has 0 atom stereocenters. The van der Waals surface area contributed by atoms with Crippen LogP contribution in [0, 0.1) is 13.8 Å². The number of barbiturate groups is 1. The van der Waals surface area contributed by atoms with Gasteiger partial charge in [0.2, 0.25) is 0 Å². The Morgan fingerprint density at radius 1 is 0.967 bits per heavy atom. The summed E-state index contributed by atoms with van der Waals surface area (Å²) in [7, 11) is 0. The van der Waals surface area contributed by atoms with E-state index in [-0.39, 0.29) is 5.57 Å². The number of carbonyl (C=O) groups is 3. The Labute approximate surface area is 178 Å². The van der Waals surface area contributed by atoms with Crippen molar-refractivity contribution in [3.63, 3.8) is 0 Å². The summed E-state index contributed by atoms with van der Waals surface area (Å²) in [5.74, 6) is -1.43. The average molecular weight is 420 g/mol. The third-order valence-corrected chi connectivity index (χ3v) is 5.12. The molecular formula is C23H18ClN3O3. The van der Waals surface area contributed by atoms with Crippen LogP contribution in [0.1, 0.15) is 16.8 Å². The molecule has 6 nitrogen and oxygen atoms in total. The molecule has 1 fully saturated rings. The number of aryl methyl sites for hydroxylation is 2. The first-order chi connectivity index (χ1) is 14.3. The van der Waals surface area contributed by atoms with E-state index in [1.54, 1.807) is 30.3 Å². The number of urea groups is 1. The van der Waals surface area contributed by atoms with Gasteiger partial charge in [-0.2, -0.15) is 0 Å². The van der Waals surface area contributed by atoms with Crippen molar-refractivity contribution in [3.8, 4) is 5.69 Å². The summed E-state index contributed by atoms with van der Waals surface area (Å²) in [4.78, 5) is 38.8. The first kappa shape index (κ1) is 19.7. The Bertz CT molecular complexity index is 1210. The molecule has 1 saturated heterocycles. The molecule has 1 aliphatic heterocycles. The number of rotatable bonds is 3. The second kappa shape index (κ2) is 7.65. The van der Waals surface area contributed by atoms with Crippen LogP contribution in [0.15, 0.2) is 66.4 Å². The molecule has 4 amide bonds. The van der Waals surface area contributed by atoms with Crippen molar-refractivity contribution < 1.29 is 14.4 Å². The minimum atomic E-state index is -0.797. The van der Waals surface area contributed by atoms with Gasteiger partial charge < -0.3 is 4.57 Å². The highest BCUT2D eigenvalue weighted by atomic mass is 35.5. The van der Waals surface area contributed by atoms with Gasteiger partial charge in [0.05, 0.1) is 5.69 Å². The van der Waals surface area contributed by atoms with Gasteiger partial charge in [0.1, 0.15) is 5.57 Å². The molecule has 7 heteroatoms. The molecule has 0 radical (unpaired) electrons. The zero-order chi connectivity index (χ0) is 21.4. The molecule has 2 heterocycles. The predicted octanol–water partition coefficient (Wildman–Crippen LogP) is 4.41. The van der Waals surface area contributed by atoms with Crippen LogP contribution in [0.3, 0.4) is 0 Å². The molecule has 30 heavy (non-hydrogen) atoms. The number of aromatic nitrogens is 1. The molecule has 0 spiro atoms. The fraction of sp³-hybridized carbons (Fsp3) is 0.0870. The lowest BCUT2D eigenvalue weighted by Crippen LogP contribution is -2.54. The first-order valence-electron chi connectivity index (χ1n) is 9.27. The number of benzene rings is 2. The van der Waals surface area contributed by atoms with Gasteiger partial charge in [0.15, 0.2) is 0 Å². The predicted molar refractivity (Wildman–Crippen MR) is 116 cm³/mol. The SMILES string of the molecule is Cc1ccc(-n2cccc2/C=C2\C(=O)NC(=O)N(c3ccc(Cl)cc3)C2=O)c(C)c1. The molecule has 2 aromatic carbocycles. The van der Waals surface area contributed by atoms with Crippen molar-refractivity contribution in [3.05, 3.63) is 88.2 Å². The van der Waals surface area contributed by atoms with Crippen molar-refractivity contribution in [1.82, 2.24) is 9.88 Å². The molecule has 4 rings (SSSR count). The van der Waals surface area contributed by atoms with Gasteiger partial charge in [-0.25, -0.2) is 9.69 Å². The number of halogens is 1. The van der Waals surface area contributed by atoms with E-state index in [1.807, 2.05) is 42.8 Å². The van der Waals surface area contributed by atoms with E-state index < -0.39 is 17.8 Å². The molecule has 0 bridgehead atoms. The van der Waals surface area contributed by atoms with Crippen molar-refractivity contribution in [1.29, 1.82) is 0 Å². The number of nitrogens with zero attached hydrogens (tertiary/aromatic N) is 2. The Morgan fingerprint density at radius 3 is 2.40 bits per heavy atom. The molecule has 3 aromatic rings. The summed E-state index contributed by atoms with van der Waals surface area (Å²) in [6.45, 7) is 4.02. The summed E-state index contributed by atoms with van der Waals surface area (Å²) in [5.41, 5.74) is 3.97. The topological polar surface area (TPSA) is 71.4 Å². The minimum absolute atomic E-state index is 0.130. The zero-order valence-electron chi connectivity index (χ0n) is 16.3. The zero-order valence-corrected chi connectivity index (χ0v) is 17.1. The normalized spacial score (nSPS) is 15.6. The van der Waals surface area contributed by atoms with Crippen molar-refractivity contribution in [2.75, 3.05) is 4.90 Å². The van der Waals surface area contributed by atoms with Gasteiger partial charge in [0, 0.05) is 22.6 Å². The second-order valence-electron chi connectivity index (χ2n) is 7.03. The number of hydrogen-bond acceptors (Lipinski definition) is 3. The van der Waals surface area contributed by atoms with E-state index in [2.05, 4.69) is 11.4 Å². The Hall–Kier alpha value is -3.64. The number of anilines is 1. The average Bonchev–Trinajstić information content (AvgIpc) is 3.14. The highest BCUT2D eigenvalue weighted by Gasteiger charge is 2.37. The second-order valence-corrected chi connectivity index (χ2v) is 7.46. The molecule has 0 aliphatic carbocycles. The fourth-order valence-corrected chi connectivity index (χ4v) is 3.56. The third-order valence-electron chi connectivity index (χ3n) is 4.87. The Morgan fingerprint density at radius 2 is 1.70 bits per heavy atom. The lowest BCUT2D eigenvalue weighted by Gasteiger charge is -2.26. The van der Waals surface area contributed by atoms with Crippen LogP contribution in [-0.4, -0.2) is 22.4 Å². The van der Waals surface area contributed by atoms with Crippen LogP contribution in [0.2, 0.25) is 5.02 Å². The lowest BCUT2D eigenvalue weighted by atomic mass is 10.1. The van der Waals surface area contributed by atoms with Crippen LogP contribution in [0.5, 0.6) is 0 Å². The van der Waals surface area contributed by atoms with Crippen molar-refractivity contribution >= 4 is 41.2 Å². The van der Waals surface area contributed by atoms with Gasteiger partial charge >= 0.3 is 6.03 Å². The standard InChI is InChI=1S/C23H18ClN3O3/c1-14-5-10-20(15(2)12-14)26-11-3-4-18(26)13-19-21(28)25-23(30)27(22(19)29)17-8-6-16(24)7-9-17/h3-13H,1-2H3,(H,25,28,30)/b19-13+. The number of nitrogens with one attached hydrogen (secondary N) is 1. The van der Waals surface area contributed by atoms with Gasteiger partial charge in [-0.3, -0.25) is 14.9 Å². The van der Waals surface area contributed by atoms with Crippen LogP contribution in [-0.2, 0) is 9.59 Å². The molecule has 150 valence electrons. The van der Waals surface area contributed by atoms with E-state index >= 15 is 0 Å². The molecule has 0 unspecified atom stereocenters. The highest BCUT2D eigenvalue weighted by Crippen LogP contribution is 2.25. The van der Waals surface area contributed by atoms with E-state index in [0.717, 1.165) is 21.7 Å². The van der Waals surface area contributed by atoms with Crippen LogP contribution < -0.4 is 10.2 Å². The highest BCUT2D eigenvalue weighted by molar-refractivity contribution is 6.39. The quantitative estimate of drug-likeness (QED) is 0.504. The van der Waals surface area contributed by atoms with E-state index in [9.17, 15) is 14.4 Å². The summed E-state index contributed by atoms with van der Waals surface area (Å²) in [6, 6.07) is 15.1. The maximum Gasteiger partial charge on any atom is 0.335 e. The molecule has 1 aromatic heterocycles. The Kier molecular flexibility index (Phi) is 5.01. The number of imide groups is 2. The molecule has 1 N–H and O–H groups in total. The number of amides is 4. The summed E-state index contributed by atoms with van der Waals surface area (Å²) < 4.78 is 1.89. The molecular weight excluding hydrogens is 402 g/mol. The summed E-state index contributed by atoms with van der Waals surface area (Å²) >= 11 is 5.90. The van der Waals surface area contributed by atoms with E-state index in [4.69, 9.17) is 11.6 Å². The van der Waals surface area contributed by atoms with E-state index in [1.165, 1.54) is 6.08 Å². The van der Waals surface area contributed by atoms with Crippen molar-refractivity contribution in [2.24, 2.45) is 0 Å². The van der Waals surface area contributed by atoms with Gasteiger partial charge in [-0.05, 0) is 68.0 Å². The number of hydrogen-bond donors (Lipinski definition) is 1. The van der Waals surface area contributed by atoms with Crippen LogP contribution >= 0.6 is 11.6 Å². The van der Waals surface area contributed by atoms with Gasteiger partial charge in [-0.15, -0.1) is 0 Å². The molecule has 1 aliphatic rings. The van der Waals surface area contributed by atoms with Crippen LogP contribution in [0.4, 0.5) is 10.5 Å². The smallest absolute Gasteiger partial charge is 0.317 e. The maximum atomic E-state index is 13.1.